The van der Waals surface area contributed by atoms with Gasteiger partial charge in [-0.25, -0.2) is 0 Å². The highest BCUT2D eigenvalue weighted by atomic mass is 16.5. The van der Waals surface area contributed by atoms with E-state index in [1.165, 1.54) is 12.8 Å². The van der Waals surface area contributed by atoms with E-state index < -0.39 is 0 Å². The standard InChI is InChI=1S/C11H17N3O/c1-6-8-9(13-15-10(8)12)11(2,3)14(6)7-4-5-7/h6-7H,4-5,12H2,1-3H3. The molecule has 0 saturated heterocycles. The van der Waals surface area contributed by atoms with Crippen LogP contribution >= 0.6 is 0 Å². The summed E-state index contributed by atoms with van der Waals surface area (Å²) in [5, 5.41) is 4.12. The van der Waals surface area contributed by atoms with Crippen molar-refractivity contribution in [2.75, 3.05) is 5.73 Å². The molecule has 0 bridgehead atoms. The van der Waals surface area contributed by atoms with Crippen LogP contribution in [0.2, 0.25) is 0 Å². The van der Waals surface area contributed by atoms with Crippen LogP contribution in [0.3, 0.4) is 0 Å². The zero-order valence-corrected chi connectivity index (χ0v) is 9.45. The van der Waals surface area contributed by atoms with Crippen LogP contribution in [0, 0.1) is 0 Å². The molecule has 0 aromatic carbocycles. The quantitative estimate of drug-likeness (QED) is 0.765. The summed E-state index contributed by atoms with van der Waals surface area (Å²) in [6.45, 7) is 6.60. The van der Waals surface area contributed by atoms with Crippen molar-refractivity contribution in [3.8, 4) is 0 Å². The monoisotopic (exact) mass is 207 g/mol. The summed E-state index contributed by atoms with van der Waals surface area (Å²) in [6.07, 6.45) is 2.60. The molecule has 3 rings (SSSR count). The van der Waals surface area contributed by atoms with Gasteiger partial charge in [-0.3, -0.25) is 4.90 Å². The third-order valence-electron chi connectivity index (χ3n) is 3.76. The summed E-state index contributed by atoms with van der Waals surface area (Å²) < 4.78 is 5.09. The van der Waals surface area contributed by atoms with Crippen molar-refractivity contribution >= 4 is 5.88 Å². The molecular weight excluding hydrogens is 190 g/mol. The van der Waals surface area contributed by atoms with Gasteiger partial charge in [0, 0.05) is 12.1 Å². The van der Waals surface area contributed by atoms with E-state index in [9.17, 15) is 0 Å². The number of aromatic nitrogens is 1. The maximum absolute atomic E-state index is 5.83. The Balaban J connectivity index is 2.12. The van der Waals surface area contributed by atoms with Crippen molar-refractivity contribution < 1.29 is 4.52 Å². The second-order valence-electron chi connectivity index (χ2n) is 5.18. The van der Waals surface area contributed by atoms with Crippen LogP contribution in [0.25, 0.3) is 0 Å². The molecular formula is C11H17N3O. The minimum Gasteiger partial charge on any atom is -0.367 e. The summed E-state index contributed by atoms with van der Waals surface area (Å²) in [5.74, 6) is 0.494. The topological polar surface area (TPSA) is 55.3 Å². The Morgan fingerprint density at radius 2 is 2.13 bits per heavy atom. The first-order valence-electron chi connectivity index (χ1n) is 5.57. The van der Waals surface area contributed by atoms with Gasteiger partial charge in [-0.15, -0.1) is 0 Å². The molecule has 2 heterocycles. The molecule has 1 saturated carbocycles. The summed E-state index contributed by atoms with van der Waals surface area (Å²) in [6, 6.07) is 1.05. The van der Waals surface area contributed by atoms with Gasteiger partial charge in [-0.1, -0.05) is 5.16 Å². The predicted octanol–water partition coefficient (Wildman–Crippen LogP) is 2.03. The molecule has 4 nitrogen and oxygen atoms in total. The van der Waals surface area contributed by atoms with Gasteiger partial charge in [0.2, 0.25) is 5.88 Å². The first kappa shape index (κ1) is 9.21. The van der Waals surface area contributed by atoms with Crippen LogP contribution in [0.4, 0.5) is 5.88 Å². The number of nitrogens with zero attached hydrogens (tertiary/aromatic N) is 2. The number of hydrogen-bond acceptors (Lipinski definition) is 4. The molecule has 1 unspecified atom stereocenters. The molecule has 15 heavy (non-hydrogen) atoms. The first-order chi connectivity index (χ1) is 7.03. The zero-order chi connectivity index (χ0) is 10.8. The Bertz CT molecular complexity index is 406. The molecule has 1 aromatic rings. The number of nitrogens with two attached hydrogens (primary N) is 1. The fourth-order valence-corrected chi connectivity index (χ4v) is 3.03. The third kappa shape index (κ3) is 1.03. The average molecular weight is 207 g/mol. The molecule has 1 fully saturated rings. The SMILES string of the molecule is CC1c2c(noc2N)C(C)(C)N1C1CC1. The number of rotatable bonds is 1. The molecule has 1 atom stereocenters. The summed E-state index contributed by atoms with van der Waals surface area (Å²) in [4.78, 5) is 2.52. The van der Waals surface area contributed by atoms with E-state index in [0.717, 1.165) is 11.3 Å². The van der Waals surface area contributed by atoms with Crippen molar-refractivity contribution in [3.63, 3.8) is 0 Å². The van der Waals surface area contributed by atoms with Crippen molar-refractivity contribution in [2.24, 2.45) is 0 Å². The maximum atomic E-state index is 5.83. The zero-order valence-electron chi connectivity index (χ0n) is 9.45. The average Bonchev–Trinajstić information content (AvgIpc) is 2.83. The van der Waals surface area contributed by atoms with Gasteiger partial charge in [-0.2, -0.15) is 0 Å². The number of nitrogen functional groups attached to an aromatic ring is 1. The molecule has 1 aliphatic carbocycles. The Kier molecular flexibility index (Phi) is 1.57. The lowest BCUT2D eigenvalue weighted by molar-refractivity contribution is 0.0846. The molecule has 1 aliphatic heterocycles. The molecule has 0 radical (unpaired) electrons. The Morgan fingerprint density at radius 3 is 2.67 bits per heavy atom. The van der Waals surface area contributed by atoms with Crippen LogP contribution in [0.5, 0.6) is 0 Å². The Morgan fingerprint density at radius 1 is 1.47 bits per heavy atom. The van der Waals surface area contributed by atoms with Crippen molar-refractivity contribution in [3.05, 3.63) is 11.3 Å². The van der Waals surface area contributed by atoms with Gasteiger partial charge in [0.15, 0.2) is 0 Å². The Labute approximate surface area is 89.4 Å². The first-order valence-corrected chi connectivity index (χ1v) is 5.57. The molecule has 1 aromatic heterocycles. The van der Waals surface area contributed by atoms with Crippen molar-refractivity contribution in [1.29, 1.82) is 0 Å². The molecule has 2 aliphatic rings. The summed E-state index contributed by atoms with van der Waals surface area (Å²) in [7, 11) is 0. The highest BCUT2D eigenvalue weighted by Crippen LogP contribution is 2.52. The number of anilines is 1. The van der Waals surface area contributed by atoms with Crippen LogP contribution in [-0.2, 0) is 5.54 Å². The van der Waals surface area contributed by atoms with Crippen LogP contribution < -0.4 is 5.73 Å². The van der Waals surface area contributed by atoms with Crippen LogP contribution in [0.1, 0.15) is 50.9 Å². The van der Waals surface area contributed by atoms with E-state index >= 15 is 0 Å². The highest BCUT2D eigenvalue weighted by molar-refractivity contribution is 5.48. The lowest BCUT2D eigenvalue weighted by Crippen LogP contribution is -2.39. The minimum absolute atomic E-state index is 0.0307. The minimum atomic E-state index is -0.0307. The highest BCUT2D eigenvalue weighted by Gasteiger charge is 2.52. The smallest absolute Gasteiger partial charge is 0.227 e. The van der Waals surface area contributed by atoms with Crippen molar-refractivity contribution in [2.45, 2.75) is 51.2 Å². The van der Waals surface area contributed by atoms with E-state index in [1.54, 1.807) is 0 Å². The van der Waals surface area contributed by atoms with Gasteiger partial charge in [0.25, 0.3) is 0 Å². The molecule has 0 amide bonds. The normalized spacial score (nSPS) is 29.4. The number of fused-ring (bicyclic) bond motifs is 1. The van der Waals surface area contributed by atoms with Gasteiger partial charge in [0.05, 0.1) is 11.1 Å². The lowest BCUT2D eigenvalue weighted by atomic mass is 10.0. The maximum Gasteiger partial charge on any atom is 0.227 e. The largest absolute Gasteiger partial charge is 0.367 e. The second-order valence-corrected chi connectivity index (χ2v) is 5.18. The third-order valence-corrected chi connectivity index (χ3v) is 3.76. The van der Waals surface area contributed by atoms with Crippen LogP contribution in [0.15, 0.2) is 4.52 Å². The fraction of sp³-hybridized carbons (Fsp3) is 0.727. The van der Waals surface area contributed by atoms with Crippen molar-refractivity contribution in [1.82, 2.24) is 10.1 Å². The predicted molar refractivity (Wildman–Crippen MR) is 57.2 cm³/mol. The molecule has 2 N–H and O–H groups in total. The van der Waals surface area contributed by atoms with Gasteiger partial charge < -0.3 is 10.3 Å². The lowest BCUT2D eigenvalue weighted by Gasteiger charge is -2.34. The van der Waals surface area contributed by atoms with Gasteiger partial charge >= 0.3 is 0 Å². The van der Waals surface area contributed by atoms with E-state index in [-0.39, 0.29) is 5.54 Å². The second kappa shape index (κ2) is 2.55. The Hall–Kier alpha value is -1.03. The summed E-state index contributed by atoms with van der Waals surface area (Å²) >= 11 is 0. The molecule has 0 spiro atoms. The fourth-order valence-electron chi connectivity index (χ4n) is 3.03. The van der Waals surface area contributed by atoms with Crippen LogP contribution in [-0.4, -0.2) is 16.1 Å². The van der Waals surface area contributed by atoms with E-state index in [4.69, 9.17) is 10.3 Å². The van der Waals surface area contributed by atoms with Gasteiger partial charge in [-0.05, 0) is 33.6 Å². The van der Waals surface area contributed by atoms with E-state index in [2.05, 4.69) is 30.8 Å². The molecule has 4 heteroatoms. The summed E-state index contributed by atoms with van der Waals surface area (Å²) in [5.41, 5.74) is 7.93. The van der Waals surface area contributed by atoms with E-state index in [1.807, 2.05) is 0 Å². The number of hydrogen-bond donors (Lipinski definition) is 1. The van der Waals surface area contributed by atoms with Gasteiger partial charge in [0.1, 0.15) is 5.69 Å². The molecule has 82 valence electrons. The van der Waals surface area contributed by atoms with E-state index in [0.29, 0.717) is 18.0 Å².